The summed E-state index contributed by atoms with van der Waals surface area (Å²) < 4.78 is 5.86. The molecule has 1 aliphatic heterocycles. The van der Waals surface area contributed by atoms with Crippen molar-refractivity contribution < 1.29 is 4.74 Å². The Labute approximate surface area is 99.5 Å². The van der Waals surface area contributed by atoms with Crippen molar-refractivity contribution in [2.75, 3.05) is 6.54 Å². The summed E-state index contributed by atoms with van der Waals surface area (Å²) >= 11 is 0. The van der Waals surface area contributed by atoms with Crippen LogP contribution in [0.4, 0.5) is 0 Å². The lowest BCUT2D eigenvalue weighted by molar-refractivity contribution is 0.242. The Morgan fingerprint density at radius 3 is 2.88 bits per heavy atom. The molecule has 0 fully saturated rings. The molecule has 0 bridgehead atoms. The van der Waals surface area contributed by atoms with Gasteiger partial charge >= 0.3 is 0 Å². The highest BCUT2D eigenvalue weighted by atomic mass is 16.5. The van der Waals surface area contributed by atoms with Crippen LogP contribution in [0.5, 0.6) is 5.75 Å². The van der Waals surface area contributed by atoms with Gasteiger partial charge < -0.3 is 10.5 Å². The molecule has 0 spiro atoms. The van der Waals surface area contributed by atoms with Crippen LogP contribution in [0, 0.1) is 0 Å². The maximum atomic E-state index is 5.86. The molecule has 4 heteroatoms. The Morgan fingerprint density at radius 2 is 2.12 bits per heavy atom. The first-order chi connectivity index (χ1) is 8.38. The summed E-state index contributed by atoms with van der Waals surface area (Å²) in [5.74, 6) is 0.928. The number of nitrogens with zero attached hydrogens (tertiary/aromatic N) is 2. The van der Waals surface area contributed by atoms with E-state index in [0.29, 0.717) is 6.54 Å². The van der Waals surface area contributed by atoms with Crippen LogP contribution in [0.25, 0.3) is 11.1 Å². The van der Waals surface area contributed by atoms with Crippen LogP contribution in [0.3, 0.4) is 0 Å². The molecular weight excluding hydrogens is 214 g/mol. The molecule has 2 aromatic rings. The lowest BCUT2D eigenvalue weighted by Gasteiger charge is -2.10. The van der Waals surface area contributed by atoms with Gasteiger partial charge in [0.05, 0.1) is 0 Å². The molecule has 2 heterocycles. The van der Waals surface area contributed by atoms with Gasteiger partial charge in [-0.15, -0.1) is 0 Å². The molecule has 17 heavy (non-hydrogen) atoms. The highest BCUT2D eigenvalue weighted by molar-refractivity contribution is 5.71. The first kappa shape index (κ1) is 10.2. The number of rotatable bonds is 2. The fourth-order valence-corrected chi connectivity index (χ4v) is 2.14. The minimum Gasteiger partial charge on any atom is -0.488 e. The van der Waals surface area contributed by atoms with E-state index in [-0.39, 0.29) is 6.10 Å². The summed E-state index contributed by atoms with van der Waals surface area (Å²) in [7, 11) is 0. The fraction of sp³-hybridized carbons (Fsp3) is 0.231. The molecule has 1 atom stereocenters. The Balaban J connectivity index is 2.07. The average molecular weight is 227 g/mol. The molecule has 1 aromatic heterocycles. The highest BCUT2D eigenvalue weighted by Crippen LogP contribution is 2.37. The summed E-state index contributed by atoms with van der Waals surface area (Å²) in [6.07, 6.45) is 6.09. The zero-order chi connectivity index (χ0) is 11.7. The fourth-order valence-electron chi connectivity index (χ4n) is 2.14. The third kappa shape index (κ3) is 1.76. The average Bonchev–Trinajstić information content (AvgIpc) is 2.82. The van der Waals surface area contributed by atoms with Crippen LogP contribution >= 0.6 is 0 Å². The number of ether oxygens (including phenoxy) is 1. The van der Waals surface area contributed by atoms with Crippen molar-refractivity contribution in [1.29, 1.82) is 0 Å². The molecule has 3 rings (SSSR count). The molecule has 1 aliphatic rings. The van der Waals surface area contributed by atoms with E-state index in [9.17, 15) is 0 Å². The molecule has 0 saturated carbocycles. The first-order valence-corrected chi connectivity index (χ1v) is 5.62. The Kier molecular flexibility index (Phi) is 2.49. The minimum atomic E-state index is 0.0933. The van der Waals surface area contributed by atoms with Crippen molar-refractivity contribution >= 4 is 0 Å². The molecule has 1 aromatic carbocycles. The van der Waals surface area contributed by atoms with E-state index < -0.39 is 0 Å². The first-order valence-electron chi connectivity index (χ1n) is 5.62. The molecule has 2 N–H and O–H groups in total. The molecule has 0 saturated heterocycles. The largest absolute Gasteiger partial charge is 0.488 e. The number of benzene rings is 1. The summed E-state index contributed by atoms with van der Waals surface area (Å²) in [6.45, 7) is 0.541. The monoisotopic (exact) mass is 227 g/mol. The third-order valence-electron chi connectivity index (χ3n) is 2.96. The molecule has 0 aliphatic carbocycles. The standard InChI is InChI=1S/C13H13N3O/c14-5-11-4-9-2-1-3-12(13(9)17-11)10-6-15-8-16-7-10/h1-3,6-8,11H,4-5,14H2/t11-/m1/s1. The van der Waals surface area contributed by atoms with Gasteiger partial charge in [0.25, 0.3) is 0 Å². The number of nitrogens with two attached hydrogens (primary N) is 1. The predicted molar refractivity (Wildman–Crippen MR) is 64.6 cm³/mol. The van der Waals surface area contributed by atoms with Crippen LogP contribution in [0.2, 0.25) is 0 Å². The molecule has 4 nitrogen and oxygen atoms in total. The van der Waals surface area contributed by atoms with Crippen LogP contribution < -0.4 is 10.5 Å². The molecule has 0 amide bonds. The summed E-state index contributed by atoms with van der Waals surface area (Å²) in [6, 6.07) is 6.14. The Hall–Kier alpha value is -1.94. The van der Waals surface area contributed by atoms with Crippen molar-refractivity contribution in [3.8, 4) is 16.9 Å². The van der Waals surface area contributed by atoms with Gasteiger partial charge in [-0.3, -0.25) is 0 Å². The quantitative estimate of drug-likeness (QED) is 0.842. The van der Waals surface area contributed by atoms with E-state index in [2.05, 4.69) is 16.0 Å². The zero-order valence-corrected chi connectivity index (χ0v) is 9.34. The van der Waals surface area contributed by atoms with Crippen LogP contribution in [-0.4, -0.2) is 22.6 Å². The Bertz CT molecular complexity index is 527. The van der Waals surface area contributed by atoms with E-state index in [0.717, 1.165) is 23.3 Å². The molecule has 0 radical (unpaired) electrons. The second kappa shape index (κ2) is 4.14. The number of para-hydroxylation sites is 1. The van der Waals surface area contributed by atoms with Gasteiger partial charge in [0.1, 0.15) is 18.2 Å². The van der Waals surface area contributed by atoms with Gasteiger partial charge in [-0.1, -0.05) is 18.2 Å². The zero-order valence-electron chi connectivity index (χ0n) is 9.34. The molecule has 86 valence electrons. The third-order valence-corrected chi connectivity index (χ3v) is 2.96. The maximum absolute atomic E-state index is 5.86. The van der Waals surface area contributed by atoms with Crippen molar-refractivity contribution in [1.82, 2.24) is 9.97 Å². The van der Waals surface area contributed by atoms with Gasteiger partial charge in [-0.2, -0.15) is 0 Å². The van der Waals surface area contributed by atoms with Crippen molar-refractivity contribution in [2.45, 2.75) is 12.5 Å². The number of aromatic nitrogens is 2. The van der Waals surface area contributed by atoms with Crippen molar-refractivity contribution in [3.05, 3.63) is 42.5 Å². The van der Waals surface area contributed by atoms with E-state index >= 15 is 0 Å². The number of hydrogen-bond donors (Lipinski definition) is 1. The molecule has 0 unspecified atom stereocenters. The van der Waals surface area contributed by atoms with Gasteiger partial charge in [-0.05, 0) is 5.56 Å². The SMILES string of the molecule is NC[C@H]1Cc2cccc(-c3cncnc3)c2O1. The maximum Gasteiger partial charge on any atom is 0.131 e. The smallest absolute Gasteiger partial charge is 0.131 e. The lowest BCUT2D eigenvalue weighted by Crippen LogP contribution is -2.24. The van der Waals surface area contributed by atoms with Crippen molar-refractivity contribution in [2.24, 2.45) is 5.73 Å². The predicted octanol–water partition coefficient (Wildman–Crippen LogP) is 1.41. The summed E-state index contributed by atoms with van der Waals surface area (Å²) in [4.78, 5) is 8.07. The van der Waals surface area contributed by atoms with E-state index in [4.69, 9.17) is 10.5 Å². The van der Waals surface area contributed by atoms with Gasteiger partial charge in [0.15, 0.2) is 0 Å². The van der Waals surface area contributed by atoms with E-state index in [1.807, 2.05) is 12.1 Å². The van der Waals surface area contributed by atoms with Crippen LogP contribution in [-0.2, 0) is 6.42 Å². The van der Waals surface area contributed by atoms with Crippen molar-refractivity contribution in [3.63, 3.8) is 0 Å². The lowest BCUT2D eigenvalue weighted by atomic mass is 10.0. The van der Waals surface area contributed by atoms with Gasteiger partial charge in [0, 0.05) is 36.5 Å². The number of hydrogen-bond acceptors (Lipinski definition) is 4. The highest BCUT2D eigenvalue weighted by Gasteiger charge is 2.24. The Morgan fingerprint density at radius 1 is 1.29 bits per heavy atom. The van der Waals surface area contributed by atoms with E-state index in [1.165, 1.54) is 11.9 Å². The van der Waals surface area contributed by atoms with Crippen LogP contribution in [0.15, 0.2) is 36.9 Å². The number of fused-ring (bicyclic) bond motifs is 1. The van der Waals surface area contributed by atoms with Crippen LogP contribution in [0.1, 0.15) is 5.56 Å². The normalized spacial score (nSPS) is 17.6. The molecular formula is C13H13N3O. The summed E-state index contributed by atoms with van der Waals surface area (Å²) in [5.41, 5.74) is 8.88. The minimum absolute atomic E-state index is 0.0933. The van der Waals surface area contributed by atoms with Gasteiger partial charge in [0.2, 0.25) is 0 Å². The van der Waals surface area contributed by atoms with E-state index in [1.54, 1.807) is 12.4 Å². The second-order valence-electron chi connectivity index (χ2n) is 4.10. The summed E-state index contributed by atoms with van der Waals surface area (Å²) in [5, 5.41) is 0. The van der Waals surface area contributed by atoms with Gasteiger partial charge in [-0.25, -0.2) is 9.97 Å². The topological polar surface area (TPSA) is 61.0 Å². The second-order valence-corrected chi connectivity index (χ2v) is 4.10.